The molecule has 0 amide bonds. The summed E-state index contributed by atoms with van der Waals surface area (Å²) in [6.45, 7) is 1.93. The van der Waals surface area contributed by atoms with Crippen LogP contribution in [0.3, 0.4) is 0 Å². The van der Waals surface area contributed by atoms with E-state index in [1.807, 2.05) is 6.26 Å². The Bertz CT molecular complexity index is 548. The molecule has 0 aliphatic heterocycles. The van der Waals surface area contributed by atoms with Crippen molar-refractivity contribution in [1.29, 1.82) is 0 Å². The van der Waals surface area contributed by atoms with Crippen LogP contribution in [0.1, 0.15) is 24.8 Å². The van der Waals surface area contributed by atoms with Crippen molar-refractivity contribution in [2.45, 2.75) is 31.1 Å². The normalized spacial score (nSPS) is 11.8. The van der Waals surface area contributed by atoms with Crippen LogP contribution in [0, 0.1) is 12.7 Å². The van der Waals surface area contributed by atoms with Gasteiger partial charge in [-0.15, -0.1) is 0 Å². The Morgan fingerprint density at radius 2 is 2.00 bits per heavy atom. The zero-order chi connectivity index (χ0) is 15.2. The lowest BCUT2D eigenvalue weighted by Crippen LogP contribution is -2.25. The molecule has 0 heterocycles. The highest BCUT2D eigenvalue weighted by Crippen LogP contribution is 2.21. The predicted octanol–water partition coefficient (Wildman–Crippen LogP) is 2.53. The summed E-state index contributed by atoms with van der Waals surface area (Å²) in [5.41, 5.74) is 5.62. The molecule has 0 radical (unpaired) electrons. The van der Waals surface area contributed by atoms with Crippen LogP contribution < -0.4 is 10.5 Å². The number of halogens is 1. The van der Waals surface area contributed by atoms with Crippen LogP contribution in [0.15, 0.2) is 17.0 Å². The predicted molar refractivity (Wildman–Crippen MR) is 83.0 cm³/mol. The van der Waals surface area contributed by atoms with Crippen molar-refractivity contribution in [1.82, 2.24) is 4.72 Å². The molecule has 114 valence electrons. The van der Waals surface area contributed by atoms with Crippen molar-refractivity contribution >= 4 is 27.5 Å². The SMILES string of the molecule is CSCCCCCNS(=O)(=O)c1cc(N)c(F)cc1C. The quantitative estimate of drug-likeness (QED) is 0.570. The molecular weight excluding hydrogens is 299 g/mol. The Morgan fingerprint density at radius 3 is 2.65 bits per heavy atom. The molecule has 7 heteroatoms. The molecule has 0 saturated carbocycles. The van der Waals surface area contributed by atoms with Crippen molar-refractivity contribution in [3.8, 4) is 0 Å². The van der Waals surface area contributed by atoms with Gasteiger partial charge in [-0.2, -0.15) is 11.8 Å². The van der Waals surface area contributed by atoms with Crippen molar-refractivity contribution < 1.29 is 12.8 Å². The number of anilines is 1. The standard InChI is InChI=1S/C13H21FN2O2S2/c1-10-8-11(14)12(15)9-13(10)20(17,18)16-6-4-3-5-7-19-2/h8-9,16H,3-7,15H2,1-2H3. The second-order valence-electron chi connectivity index (χ2n) is 4.59. The number of benzene rings is 1. The van der Waals surface area contributed by atoms with Crippen LogP contribution in [0.5, 0.6) is 0 Å². The fourth-order valence-corrected chi connectivity index (χ4v) is 3.62. The first-order valence-corrected chi connectivity index (χ1v) is 9.30. The maximum atomic E-state index is 13.2. The van der Waals surface area contributed by atoms with Gasteiger partial charge in [-0.05, 0) is 49.5 Å². The van der Waals surface area contributed by atoms with Crippen molar-refractivity contribution in [3.05, 3.63) is 23.5 Å². The van der Waals surface area contributed by atoms with Gasteiger partial charge in [-0.3, -0.25) is 0 Å². The second kappa shape index (κ2) is 7.85. The minimum atomic E-state index is -3.62. The van der Waals surface area contributed by atoms with Gasteiger partial charge in [0.2, 0.25) is 10.0 Å². The molecule has 0 aliphatic rings. The molecule has 0 bridgehead atoms. The van der Waals surface area contributed by atoms with E-state index in [-0.39, 0.29) is 10.6 Å². The van der Waals surface area contributed by atoms with E-state index in [1.165, 1.54) is 6.07 Å². The Balaban J connectivity index is 2.63. The molecule has 20 heavy (non-hydrogen) atoms. The summed E-state index contributed by atoms with van der Waals surface area (Å²) < 4.78 is 40.0. The van der Waals surface area contributed by atoms with E-state index in [9.17, 15) is 12.8 Å². The first kappa shape index (κ1) is 17.3. The van der Waals surface area contributed by atoms with Crippen LogP contribution in [0.4, 0.5) is 10.1 Å². The van der Waals surface area contributed by atoms with E-state index >= 15 is 0 Å². The zero-order valence-electron chi connectivity index (χ0n) is 11.8. The van der Waals surface area contributed by atoms with Gasteiger partial charge < -0.3 is 5.73 Å². The highest BCUT2D eigenvalue weighted by Gasteiger charge is 2.18. The lowest BCUT2D eigenvalue weighted by atomic mass is 10.2. The fraction of sp³-hybridized carbons (Fsp3) is 0.538. The molecule has 0 unspecified atom stereocenters. The molecule has 4 nitrogen and oxygen atoms in total. The topological polar surface area (TPSA) is 72.2 Å². The largest absolute Gasteiger partial charge is 0.396 e. The monoisotopic (exact) mass is 320 g/mol. The average Bonchev–Trinajstić information content (AvgIpc) is 2.37. The number of nitrogens with one attached hydrogen (secondary N) is 1. The number of sulfonamides is 1. The van der Waals surface area contributed by atoms with Crippen molar-refractivity contribution in [3.63, 3.8) is 0 Å². The minimum absolute atomic E-state index is 0.0421. The highest BCUT2D eigenvalue weighted by molar-refractivity contribution is 7.98. The van der Waals surface area contributed by atoms with Gasteiger partial charge in [0.25, 0.3) is 0 Å². The fourth-order valence-electron chi connectivity index (χ4n) is 1.79. The Morgan fingerprint density at radius 1 is 1.30 bits per heavy atom. The third kappa shape index (κ3) is 4.96. The van der Waals surface area contributed by atoms with Crippen LogP contribution in [0.25, 0.3) is 0 Å². The maximum absolute atomic E-state index is 13.2. The van der Waals surface area contributed by atoms with Gasteiger partial charge in [0.15, 0.2) is 0 Å². The first-order valence-electron chi connectivity index (χ1n) is 6.42. The molecule has 0 spiro atoms. The Kier molecular flexibility index (Phi) is 6.78. The first-order chi connectivity index (χ1) is 9.38. The van der Waals surface area contributed by atoms with Crippen LogP contribution in [-0.4, -0.2) is 27.0 Å². The third-order valence-corrected chi connectivity index (χ3v) is 5.20. The van der Waals surface area contributed by atoms with Crippen LogP contribution >= 0.6 is 11.8 Å². The average molecular weight is 320 g/mol. The van der Waals surface area contributed by atoms with E-state index in [0.29, 0.717) is 12.1 Å². The van der Waals surface area contributed by atoms with Gasteiger partial charge >= 0.3 is 0 Å². The number of nitrogens with two attached hydrogens (primary N) is 1. The number of hydrogen-bond acceptors (Lipinski definition) is 4. The van der Waals surface area contributed by atoms with E-state index in [0.717, 1.165) is 31.1 Å². The van der Waals surface area contributed by atoms with Crippen LogP contribution in [-0.2, 0) is 10.0 Å². The number of unbranched alkanes of at least 4 members (excludes halogenated alkanes) is 2. The lowest BCUT2D eigenvalue weighted by Gasteiger charge is -2.10. The number of nitrogen functional groups attached to an aromatic ring is 1. The lowest BCUT2D eigenvalue weighted by molar-refractivity contribution is 0.575. The molecule has 0 atom stereocenters. The summed E-state index contributed by atoms with van der Waals surface area (Å²) in [5.74, 6) is 0.485. The van der Waals surface area contributed by atoms with E-state index in [4.69, 9.17) is 5.73 Å². The minimum Gasteiger partial charge on any atom is -0.396 e. The zero-order valence-corrected chi connectivity index (χ0v) is 13.4. The summed E-state index contributed by atoms with van der Waals surface area (Å²) >= 11 is 1.78. The van der Waals surface area contributed by atoms with Gasteiger partial charge in [-0.1, -0.05) is 6.42 Å². The highest BCUT2D eigenvalue weighted by atomic mass is 32.2. The summed E-state index contributed by atoms with van der Waals surface area (Å²) in [6, 6.07) is 2.31. The van der Waals surface area contributed by atoms with Crippen molar-refractivity contribution in [2.24, 2.45) is 0 Å². The number of thioether (sulfide) groups is 1. The van der Waals surface area contributed by atoms with E-state index in [2.05, 4.69) is 4.72 Å². The van der Waals surface area contributed by atoms with Crippen LogP contribution in [0.2, 0.25) is 0 Å². The number of rotatable bonds is 8. The molecule has 0 aliphatic carbocycles. The molecule has 1 aromatic rings. The molecule has 0 saturated heterocycles. The number of hydrogen-bond donors (Lipinski definition) is 2. The molecule has 1 rings (SSSR count). The van der Waals surface area contributed by atoms with Crippen molar-refractivity contribution in [2.75, 3.05) is 24.3 Å². The third-order valence-electron chi connectivity index (χ3n) is 2.90. The molecule has 3 N–H and O–H groups in total. The van der Waals surface area contributed by atoms with Gasteiger partial charge in [0.1, 0.15) is 5.82 Å². The van der Waals surface area contributed by atoms with Gasteiger partial charge in [0, 0.05) is 6.54 Å². The molecular formula is C13H21FN2O2S2. The maximum Gasteiger partial charge on any atom is 0.240 e. The summed E-state index contributed by atoms with van der Waals surface area (Å²) in [6.07, 6.45) is 4.89. The van der Waals surface area contributed by atoms with E-state index in [1.54, 1.807) is 18.7 Å². The summed E-state index contributed by atoms with van der Waals surface area (Å²) in [7, 11) is -3.62. The molecule has 0 fully saturated rings. The molecule has 0 aromatic heterocycles. The van der Waals surface area contributed by atoms with Gasteiger partial charge in [0.05, 0.1) is 10.6 Å². The smallest absolute Gasteiger partial charge is 0.240 e. The van der Waals surface area contributed by atoms with E-state index < -0.39 is 15.8 Å². The van der Waals surface area contributed by atoms with Gasteiger partial charge in [-0.25, -0.2) is 17.5 Å². The Hall–Kier alpha value is -0.790. The molecule has 1 aromatic carbocycles. The second-order valence-corrected chi connectivity index (χ2v) is 7.31. The number of aryl methyl sites for hydroxylation is 1. The summed E-state index contributed by atoms with van der Waals surface area (Å²) in [4.78, 5) is 0.0421. The Labute approximate surface area is 124 Å². The summed E-state index contributed by atoms with van der Waals surface area (Å²) in [5, 5.41) is 0.